The molecule has 0 aromatic heterocycles. The zero-order valence-electron chi connectivity index (χ0n) is 10.0. The molecule has 1 atom stereocenters. The van der Waals surface area contributed by atoms with Gasteiger partial charge < -0.3 is 0 Å². The maximum atomic E-state index is 5.96. The fourth-order valence-electron chi connectivity index (χ4n) is 1.93. The number of nitrogens with one attached hydrogen (secondary N) is 1. The number of benzene rings is 2. The second-order valence-corrected chi connectivity index (χ2v) is 6.33. The highest BCUT2D eigenvalue weighted by Crippen LogP contribution is 2.30. The van der Waals surface area contributed by atoms with Gasteiger partial charge in [0.05, 0.1) is 6.04 Å². The summed E-state index contributed by atoms with van der Waals surface area (Å²) in [6.07, 6.45) is 0.790. The first kappa shape index (κ1) is 15.0. The summed E-state index contributed by atoms with van der Waals surface area (Å²) in [5.74, 6) is 5.69. The molecule has 0 bridgehead atoms. The van der Waals surface area contributed by atoms with Crippen LogP contribution in [0.1, 0.15) is 17.2 Å². The van der Waals surface area contributed by atoms with E-state index >= 15 is 0 Å². The molecule has 0 aliphatic carbocycles. The molecule has 0 saturated carbocycles. The van der Waals surface area contributed by atoms with E-state index in [2.05, 4.69) is 43.4 Å². The molecule has 1 unspecified atom stereocenters. The molecule has 100 valence electrons. The summed E-state index contributed by atoms with van der Waals surface area (Å²) in [6, 6.07) is 13.9. The average Bonchev–Trinajstić information content (AvgIpc) is 2.39. The van der Waals surface area contributed by atoms with Crippen LogP contribution in [0.5, 0.6) is 0 Å². The molecule has 0 aliphatic heterocycles. The third-order valence-electron chi connectivity index (χ3n) is 2.92. The van der Waals surface area contributed by atoms with Crippen LogP contribution >= 0.6 is 43.5 Å². The minimum Gasteiger partial charge on any atom is -0.271 e. The number of halogens is 3. The van der Waals surface area contributed by atoms with Crippen LogP contribution in [-0.4, -0.2) is 0 Å². The van der Waals surface area contributed by atoms with Crippen molar-refractivity contribution in [3.8, 4) is 0 Å². The van der Waals surface area contributed by atoms with Gasteiger partial charge in [-0.25, -0.2) is 0 Å². The van der Waals surface area contributed by atoms with E-state index in [0.717, 1.165) is 20.9 Å². The maximum Gasteiger partial charge on any atom is 0.0511 e. The molecule has 2 aromatic rings. The van der Waals surface area contributed by atoms with Gasteiger partial charge in [-0.2, -0.15) is 0 Å². The first-order valence-corrected chi connectivity index (χ1v) is 7.72. The molecule has 0 radical (unpaired) electrons. The summed E-state index contributed by atoms with van der Waals surface area (Å²) in [5.41, 5.74) is 5.15. The van der Waals surface area contributed by atoms with Gasteiger partial charge >= 0.3 is 0 Å². The molecule has 0 spiro atoms. The van der Waals surface area contributed by atoms with Crippen molar-refractivity contribution in [1.29, 1.82) is 0 Å². The highest BCUT2D eigenvalue weighted by Gasteiger charge is 2.15. The van der Waals surface area contributed by atoms with Gasteiger partial charge in [0.25, 0.3) is 0 Å². The minimum atomic E-state index is 0.0188. The van der Waals surface area contributed by atoms with Crippen molar-refractivity contribution in [2.45, 2.75) is 12.5 Å². The Hall–Kier alpha value is -0.390. The van der Waals surface area contributed by atoms with Crippen molar-refractivity contribution in [2.24, 2.45) is 5.84 Å². The van der Waals surface area contributed by atoms with Gasteiger partial charge in [0.2, 0.25) is 0 Å². The Morgan fingerprint density at radius 3 is 2.47 bits per heavy atom. The van der Waals surface area contributed by atoms with Gasteiger partial charge in [-0.1, -0.05) is 67.7 Å². The zero-order valence-corrected chi connectivity index (χ0v) is 14.0. The molecule has 3 N–H and O–H groups in total. The van der Waals surface area contributed by atoms with Crippen molar-refractivity contribution in [3.63, 3.8) is 0 Å². The van der Waals surface area contributed by atoms with Crippen molar-refractivity contribution in [1.82, 2.24) is 5.43 Å². The number of rotatable bonds is 4. The summed E-state index contributed by atoms with van der Waals surface area (Å²) < 4.78 is 2.04. The number of hydrazine groups is 1. The Morgan fingerprint density at radius 1 is 1.11 bits per heavy atom. The topological polar surface area (TPSA) is 38.0 Å². The van der Waals surface area contributed by atoms with Crippen LogP contribution in [-0.2, 0) is 6.42 Å². The van der Waals surface area contributed by atoms with Gasteiger partial charge in [-0.05, 0) is 35.7 Å². The van der Waals surface area contributed by atoms with E-state index in [1.807, 2.05) is 36.4 Å². The first-order valence-electron chi connectivity index (χ1n) is 5.76. The monoisotopic (exact) mass is 402 g/mol. The van der Waals surface area contributed by atoms with Crippen LogP contribution in [0.25, 0.3) is 0 Å². The smallest absolute Gasteiger partial charge is 0.0511 e. The third-order valence-corrected chi connectivity index (χ3v) is 4.62. The highest BCUT2D eigenvalue weighted by atomic mass is 79.9. The predicted octanol–water partition coefficient (Wildman–Crippen LogP) is 4.61. The Balaban J connectivity index is 2.28. The van der Waals surface area contributed by atoms with E-state index in [-0.39, 0.29) is 6.04 Å². The lowest BCUT2D eigenvalue weighted by atomic mass is 9.99. The maximum absolute atomic E-state index is 5.96. The summed E-state index contributed by atoms with van der Waals surface area (Å²) in [6.45, 7) is 0. The largest absolute Gasteiger partial charge is 0.271 e. The van der Waals surface area contributed by atoms with Crippen LogP contribution in [0.3, 0.4) is 0 Å². The average molecular weight is 405 g/mol. The Morgan fingerprint density at radius 2 is 1.84 bits per heavy atom. The lowest BCUT2D eigenvalue weighted by molar-refractivity contribution is 0.549. The lowest BCUT2D eigenvalue weighted by Crippen LogP contribution is -2.30. The number of hydrogen-bond donors (Lipinski definition) is 2. The molecule has 0 saturated heterocycles. The molecule has 0 amide bonds. The van der Waals surface area contributed by atoms with Crippen LogP contribution in [0.15, 0.2) is 51.4 Å². The van der Waals surface area contributed by atoms with Gasteiger partial charge in [0, 0.05) is 14.0 Å². The van der Waals surface area contributed by atoms with E-state index in [1.165, 1.54) is 5.56 Å². The van der Waals surface area contributed by atoms with Crippen LogP contribution in [0, 0.1) is 0 Å². The minimum absolute atomic E-state index is 0.0188. The van der Waals surface area contributed by atoms with Gasteiger partial charge in [-0.15, -0.1) is 0 Å². The third kappa shape index (κ3) is 3.80. The van der Waals surface area contributed by atoms with Crippen molar-refractivity contribution < 1.29 is 0 Å². The van der Waals surface area contributed by atoms with Crippen LogP contribution < -0.4 is 11.3 Å². The van der Waals surface area contributed by atoms with Gasteiger partial charge in [-0.3, -0.25) is 11.3 Å². The summed E-state index contributed by atoms with van der Waals surface area (Å²) in [7, 11) is 0. The second kappa shape index (κ2) is 6.86. The highest BCUT2D eigenvalue weighted by molar-refractivity contribution is 9.10. The molecule has 2 rings (SSSR count). The van der Waals surface area contributed by atoms with Gasteiger partial charge in [0.15, 0.2) is 0 Å². The van der Waals surface area contributed by atoms with E-state index in [9.17, 15) is 0 Å². The molecule has 2 aromatic carbocycles. The van der Waals surface area contributed by atoms with Crippen molar-refractivity contribution in [3.05, 3.63) is 67.6 Å². The molecule has 5 heteroatoms. The summed E-state index contributed by atoms with van der Waals surface area (Å²) in [4.78, 5) is 0. The van der Waals surface area contributed by atoms with E-state index in [4.69, 9.17) is 17.4 Å². The fourth-order valence-corrected chi connectivity index (χ4v) is 3.33. The molecule has 2 nitrogen and oxygen atoms in total. The molecule has 0 aliphatic rings. The van der Waals surface area contributed by atoms with Crippen molar-refractivity contribution in [2.75, 3.05) is 0 Å². The molecule has 0 fully saturated rings. The molecule has 0 heterocycles. The molecular formula is C14H13Br2ClN2. The quantitative estimate of drug-likeness (QED) is 0.577. The van der Waals surface area contributed by atoms with E-state index in [0.29, 0.717) is 5.02 Å². The van der Waals surface area contributed by atoms with Crippen LogP contribution in [0.2, 0.25) is 5.02 Å². The summed E-state index contributed by atoms with van der Waals surface area (Å²) >= 11 is 13.0. The Kier molecular flexibility index (Phi) is 5.42. The summed E-state index contributed by atoms with van der Waals surface area (Å²) in [5, 5.41) is 0.701. The second-order valence-electron chi connectivity index (χ2n) is 4.18. The van der Waals surface area contributed by atoms with E-state index < -0.39 is 0 Å². The fraction of sp³-hybridized carbons (Fsp3) is 0.143. The van der Waals surface area contributed by atoms with Crippen LogP contribution in [0.4, 0.5) is 0 Å². The first-order chi connectivity index (χ1) is 9.11. The normalized spacial score (nSPS) is 12.4. The Labute approximate surface area is 134 Å². The SMILES string of the molecule is NNC(Cc1ccccc1Br)c1ccc(Cl)cc1Br. The molecular weight excluding hydrogens is 391 g/mol. The Bertz CT molecular complexity index is 575. The number of hydrogen-bond acceptors (Lipinski definition) is 2. The van der Waals surface area contributed by atoms with E-state index in [1.54, 1.807) is 0 Å². The van der Waals surface area contributed by atoms with Gasteiger partial charge in [0.1, 0.15) is 0 Å². The lowest BCUT2D eigenvalue weighted by Gasteiger charge is -2.19. The predicted molar refractivity (Wildman–Crippen MR) is 87.1 cm³/mol. The van der Waals surface area contributed by atoms with Crippen molar-refractivity contribution >= 4 is 43.5 Å². The standard InChI is InChI=1S/C14H13Br2ClN2/c15-12-4-2-1-3-9(12)7-14(19-18)11-6-5-10(17)8-13(11)16/h1-6,8,14,19H,7,18H2. The zero-order chi connectivity index (χ0) is 13.8. The molecule has 19 heavy (non-hydrogen) atoms. The number of nitrogens with two attached hydrogens (primary N) is 1.